The van der Waals surface area contributed by atoms with Gasteiger partial charge in [-0.05, 0) is 6.42 Å². The third kappa shape index (κ3) is 4.91. The molecule has 0 amide bonds. The molecule has 0 radical (unpaired) electrons. The van der Waals surface area contributed by atoms with Crippen molar-refractivity contribution in [1.29, 1.82) is 0 Å². The number of nitrogens with one attached hydrogen (secondary N) is 1. The second-order valence-electron chi connectivity index (χ2n) is 4.41. The van der Waals surface area contributed by atoms with Crippen LogP contribution in [0.2, 0.25) is 0 Å². The maximum absolute atomic E-state index is 11.0. The molecule has 0 aromatic rings. The fourth-order valence-electron chi connectivity index (χ4n) is 1.96. The summed E-state index contributed by atoms with van der Waals surface area (Å²) in [6, 6.07) is 0. The van der Waals surface area contributed by atoms with Gasteiger partial charge in [0, 0.05) is 39.7 Å². The predicted octanol–water partition coefficient (Wildman–Crippen LogP) is 0.0932. The number of guanidine groups is 1. The maximum Gasteiger partial charge on any atom is 0.307 e. The number of ether oxygens (including phenoxy) is 2. The van der Waals surface area contributed by atoms with Gasteiger partial charge in [-0.25, -0.2) is 0 Å². The molecule has 1 saturated heterocycles. The first-order valence-electron chi connectivity index (χ1n) is 6.23. The number of methoxy groups -OCH3 is 1. The summed E-state index contributed by atoms with van der Waals surface area (Å²) in [7, 11) is 5.12. The van der Waals surface area contributed by atoms with E-state index in [1.165, 1.54) is 7.11 Å². The standard InChI is InChI=1S/C12H23N3O3/c1-13-12(14-6-4-11(16)17-3)15(2)8-10-5-7-18-9-10/h10H,4-9H2,1-3H3,(H,13,14). The zero-order valence-corrected chi connectivity index (χ0v) is 11.4. The molecule has 0 aliphatic carbocycles. The molecule has 1 fully saturated rings. The van der Waals surface area contributed by atoms with E-state index in [2.05, 4.69) is 19.9 Å². The lowest BCUT2D eigenvalue weighted by molar-refractivity contribution is -0.140. The molecular formula is C12H23N3O3. The Morgan fingerprint density at radius 2 is 2.39 bits per heavy atom. The Labute approximate surface area is 108 Å². The summed E-state index contributed by atoms with van der Waals surface area (Å²) in [6.45, 7) is 3.12. The zero-order valence-electron chi connectivity index (χ0n) is 11.4. The van der Waals surface area contributed by atoms with Gasteiger partial charge in [0.25, 0.3) is 0 Å². The van der Waals surface area contributed by atoms with E-state index >= 15 is 0 Å². The Morgan fingerprint density at radius 3 is 2.94 bits per heavy atom. The maximum atomic E-state index is 11.0. The van der Waals surface area contributed by atoms with E-state index in [0.29, 0.717) is 18.9 Å². The van der Waals surface area contributed by atoms with Crippen LogP contribution in [0.3, 0.4) is 0 Å². The Hall–Kier alpha value is -1.30. The lowest BCUT2D eigenvalue weighted by Gasteiger charge is -2.24. The van der Waals surface area contributed by atoms with E-state index in [0.717, 1.165) is 32.1 Å². The summed E-state index contributed by atoms with van der Waals surface area (Å²) in [5.74, 6) is 1.14. The smallest absolute Gasteiger partial charge is 0.307 e. The molecular weight excluding hydrogens is 234 g/mol. The number of hydrogen-bond donors (Lipinski definition) is 1. The van der Waals surface area contributed by atoms with E-state index in [9.17, 15) is 4.79 Å². The average molecular weight is 257 g/mol. The third-order valence-corrected chi connectivity index (χ3v) is 2.97. The van der Waals surface area contributed by atoms with Gasteiger partial charge in [0.1, 0.15) is 0 Å². The van der Waals surface area contributed by atoms with Crippen molar-refractivity contribution in [1.82, 2.24) is 10.2 Å². The molecule has 1 aliphatic heterocycles. The topological polar surface area (TPSA) is 63.2 Å². The summed E-state index contributed by atoms with van der Waals surface area (Å²) < 4.78 is 9.94. The number of nitrogens with zero attached hydrogens (tertiary/aromatic N) is 2. The highest BCUT2D eigenvalue weighted by molar-refractivity contribution is 5.80. The van der Waals surface area contributed by atoms with Crippen LogP contribution in [0.1, 0.15) is 12.8 Å². The van der Waals surface area contributed by atoms with Crippen LogP contribution in [-0.4, -0.2) is 64.3 Å². The minimum absolute atomic E-state index is 0.218. The predicted molar refractivity (Wildman–Crippen MR) is 69.6 cm³/mol. The number of carbonyl (C=O) groups is 1. The van der Waals surface area contributed by atoms with Gasteiger partial charge in [-0.1, -0.05) is 0 Å². The highest BCUT2D eigenvalue weighted by Gasteiger charge is 2.18. The van der Waals surface area contributed by atoms with Crippen molar-refractivity contribution in [3.63, 3.8) is 0 Å². The molecule has 0 bridgehead atoms. The van der Waals surface area contributed by atoms with Crippen molar-refractivity contribution in [3.05, 3.63) is 0 Å². The SMILES string of the molecule is CN=C(NCCC(=O)OC)N(C)CC1CCOC1. The van der Waals surface area contributed by atoms with Crippen molar-refractivity contribution >= 4 is 11.9 Å². The van der Waals surface area contributed by atoms with Gasteiger partial charge in [0.2, 0.25) is 0 Å². The van der Waals surface area contributed by atoms with E-state index in [1.54, 1.807) is 7.05 Å². The van der Waals surface area contributed by atoms with Gasteiger partial charge in [-0.3, -0.25) is 9.79 Å². The number of carbonyl (C=O) groups excluding carboxylic acids is 1. The molecule has 1 heterocycles. The number of hydrogen-bond acceptors (Lipinski definition) is 4. The highest BCUT2D eigenvalue weighted by Crippen LogP contribution is 2.13. The van der Waals surface area contributed by atoms with Crippen LogP contribution < -0.4 is 5.32 Å². The summed E-state index contributed by atoms with van der Waals surface area (Å²) in [6.07, 6.45) is 1.44. The summed E-state index contributed by atoms with van der Waals surface area (Å²) >= 11 is 0. The van der Waals surface area contributed by atoms with E-state index in [1.807, 2.05) is 7.05 Å². The van der Waals surface area contributed by atoms with Crippen LogP contribution in [-0.2, 0) is 14.3 Å². The second kappa shape index (κ2) is 7.92. The van der Waals surface area contributed by atoms with Crippen molar-refractivity contribution < 1.29 is 14.3 Å². The van der Waals surface area contributed by atoms with Gasteiger partial charge >= 0.3 is 5.97 Å². The molecule has 18 heavy (non-hydrogen) atoms. The van der Waals surface area contributed by atoms with Gasteiger partial charge in [-0.15, -0.1) is 0 Å². The Bertz CT molecular complexity index is 288. The van der Waals surface area contributed by atoms with Crippen LogP contribution in [0, 0.1) is 5.92 Å². The molecule has 1 aliphatic rings. The average Bonchev–Trinajstić information content (AvgIpc) is 2.86. The third-order valence-electron chi connectivity index (χ3n) is 2.97. The van der Waals surface area contributed by atoms with Crippen molar-refractivity contribution in [2.45, 2.75) is 12.8 Å². The molecule has 0 spiro atoms. The van der Waals surface area contributed by atoms with E-state index < -0.39 is 0 Å². The van der Waals surface area contributed by atoms with Crippen molar-refractivity contribution in [3.8, 4) is 0 Å². The zero-order chi connectivity index (χ0) is 13.4. The first-order chi connectivity index (χ1) is 8.67. The molecule has 6 nitrogen and oxygen atoms in total. The lowest BCUT2D eigenvalue weighted by Crippen LogP contribution is -2.42. The Kier molecular flexibility index (Phi) is 6.49. The molecule has 6 heteroatoms. The van der Waals surface area contributed by atoms with Gasteiger partial charge in [0.15, 0.2) is 5.96 Å². The van der Waals surface area contributed by atoms with Gasteiger partial charge < -0.3 is 19.7 Å². The normalized spacial score (nSPS) is 19.7. The number of aliphatic imine (C=N–C) groups is 1. The van der Waals surface area contributed by atoms with E-state index in [4.69, 9.17) is 4.74 Å². The van der Waals surface area contributed by atoms with Crippen LogP contribution in [0.15, 0.2) is 4.99 Å². The summed E-state index contributed by atoms with van der Waals surface area (Å²) in [5.41, 5.74) is 0. The Balaban J connectivity index is 2.28. The first kappa shape index (κ1) is 14.8. The van der Waals surface area contributed by atoms with E-state index in [-0.39, 0.29) is 5.97 Å². The fourth-order valence-corrected chi connectivity index (χ4v) is 1.96. The largest absolute Gasteiger partial charge is 0.469 e. The summed E-state index contributed by atoms with van der Waals surface area (Å²) in [4.78, 5) is 17.3. The number of rotatable bonds is 5. The monoisotopic (exact) mass is 257 g/mol. The van der Waals surface area contributed by atoms with Gasteiger partial charge in [0.05, 0.1) is 20.1 Å². The molecule has 0 saturated carbocycles. The minimum Gasteiger partial charge on any atom is -0.469 e. The molecule has 104 valence electrons. The number of esters is 1. The molecule has 1 rings (SSSR count). The van der Waals surface area contributed by atoms with Crippen molar-refractivity contribution in [2.24, 2.45) is 10.9 Å². The van der Waals surface area contributed by atoms with Gasteiger partial charge in [-0.2, -0.15) is 0 Å². The van der Waals surface area contributed by atoms with Crippen LogP contribution in [0.5, 0.6) is 0 Å². The molecule has 1 atom stereocenters. The lowest BCUT2D eigenvalue weighted by atomic mass is 10.1. The van der Waals surface area contributed by atoms with Crippen molar-refractivity contribution in [2.75, 3.05) is 47.5 Å². The molecule has 1 unspecified atom stereocenters. The highest BCUT2D eigenvalue weighted by atomic mass is 16.5. The fraction of sp³-hybridized carbons (Fsp3) is 0.833. The molecule has 1 N–H and O–H groups in total. The molecule has 0 aromatic heterocycles. The first-order valence-corrected chi connectivity index (χ1v) is 6.23. The van der Waals surface area contributed by atoms with Crippen LogP contribution in [0.4, 0.5) is 0 Å². The van der Waals surface area contributed by atoms with Crippen LogP contribution >= 0.6 is 0 Å². The molecule has 0 aromatic carbocycles. The van der Waals surface area contributed by atoms with Crippen LogP contribution in [0.25, 0.3) is 0 Å². The summed E-state index contributed by atoms with van der Waals surface area (Å²) in [5, 5.41) is 3.14. The second-order valence-corrected chi connectivity index (χ2v) is 4.41. The minimum atomic E-state index is -0.218. The quantitative estimate of drug-likeness (QED) is 0.430. The Morgan fingerprint density at radius 1 is 1.61 bits per heavy atom.